The Morgan fingerprint density at radius 1 is 0.923 bits per heavy atom. The minimum absolute atomic E-state index is 0.0407. The number of nitrogens with zero attached hydrogens (tertiary/aromatic N) is 1. The van der Waals surface area contributed by atoms with Crippen molar-refractivity contribution in [1.29, 1.82) is 0 Å². The number of hydrogen-bond acceptors (Lipinski definition) is 9. The van der Waals surface area contributed by atoms with Gasteiger partial charge in [0.15, 0.2) is 5.69 Å². The smallest absolute Gasteiger partial charge is 0.357 e. The average Bonchev–Trinajstić information content (AvgIpc) is 3.55. The molecule has 0 radical (unpaired) electrons. The number of ether oxygens (including phenoxy) is 1. The van der Waals surface area contributed by atoms with Crippen LogP contribution in [-0.4, -0.2) is 54.9 Å². The highest BCUT2D eigenvalue weighted by molar-refractivity contribution is 9.10. The highest BCUT2D eigenvalue weighted by Gasteiger charge is 2.37. The van der Waals surface area contributed by atoms with Gasteiger partial charge in [0, 0.05) is 28.3 Å². The van der Waals surface area contributed by atoms with Crippen molar-refractivity contribution < 1.29 is 34.8 Å². The molecule has 4 aromatic rings. The SMILES string of the molecule is CCOC(=O)c1c(S(=O)(=O)NCCNS(=O)(=O)c2ccsc2)c2cc(Br)ccc2n1S(=O)(=O)c1ccccc1. The summed E-state index contributed by atoms with van der Waals surface area (Å²) in [5, 5.41) is 2.96. The first kappa shape index (κ1) is 29.4. The normalized spacial score (nSPS) is 12.6. The van der Waals surface area contributed by atoms with Gasteiger partial charge in [-0.1, -0.05) is 34.1 Å². The molecule has 0 amide bonds. The summed E-state index contributed by atoms with van der Waals surface area (Å²) in [4.78, 5) is 12.4. The van der Waals surface area contributed by atoms with Gasteiger partial charge in [-0.3, -0.25) is 0 Å². The molecule has 0 saturated heterocycles. The Hall–Kier alpha value is -2.60. The molecule has 0 bridgehead atoms. The number of carbonyl (C=O) groups excluding carboxylic acids is 1. The van der Waals surface area contributed by atoms with Crippen LogP contribution in [0.4, 0.5) is 0 Å². The van der Waals surface area contributed by atoms with Crippen LogP contribution in [0.3, 0.4) is 0 Å². The van der Waals surface area contributed by atoms with Crippen molar-refractivity contribution in [2.24, 2.45) is 0 Å². The van der Waals surface area contributed by atoms with E-state index >= 15 is 0 Å². The molecule has 0 aliphatic carbocycles. The molecule has 4 rings (SSSR count). The molecule has 0 fully saturated rings. The molecule has 208 valence electrons. The molecule has 16 heteroatoms. The Kier molecular flexibility index (Phi) is 8.65. The lowest BCUT2D eigenvalue weighted by molar-refractivity contribution is 0.0514. The van der Waals surface area contributed by atoms with Gasteiger partial charge in [0.2, 0.25) is 20.0 Å². The summed E-state index contributed by atoms with van der Waals surface area (Å²) in [7, 11) is -12.9. The molecule has 2 heterocycles. The molecule has 39 heavy (non-hydrogen) atoms. The lowest BCUT2D eigenvalue weighted by atomic mass is 10.2. The van der Waals surface area contributed by atoms with E-state index in [0.29, 0.717) is 8.45 Å². The van der Waals surface area contributed by atoms with Gasteiger partial charge in [-0.2, -0.15) is 11.3 Å². The zero-order valence-corrected chi connectivity index (χ0v) is 25.0. The van der Waals surface area contributed by atoms with E-state index in [-0.39, 0.29) is 40.4 Å². The van der Waals surface area contributed by atoms with Crippen LogP contribution in [0.2, 0.25) is 0 Å². The van der Waals surface area contributed by atoms with Gasteiger partial charge in [-0.25, -0.2) is 43.5 Å². The summed E-state index contributed by atoms with van der Waals surface area (Å²) in [6.45, 7) is 0.656. The maximum absolute atomic E-state index is 13.7. The third-order valence-electron chi connectivity index (χ3n) is 5.37. The van der Waals surface area contributed by atoms with Crippen molar-refractivity contribution in [3.63, 3.8) is 0 Å². The van der Waals surface area contributed by atoms with Crippen LogP contribution in [0.5, 0.6) is 0 Å². The van der Waals surface area contributed by atoms with Crippen LogP contribution < -0.4 is 9.44 Å². The number of thiophene rings is 1. The number of esters is 1. The molecule has 0 saturated carbocycles. The highest BCUT2D eigenvalue weighted by Crippen LogP contribution is 2.35. The number of fused-ring (bicyclic) bond motifs is 1. The fourth-order valence-electron chi connectivity index (χ4n) is 3.73. The summed E-state index contributed by atoms with van der Waals surface area (Å²) < 4.78 is 90.1. The predicted octanol–water partition coefficient (Wildman–Crippen LogP) is 3.14. The maximum atomic E-state index is 13.7. The third-order valence-corrected chi connectivity index (χ3v) is 11.4. The second-order valence-corrected chi connectivity index (χ2v) is 14.8. The van der Waals surface area contributed by atoms with Crippen molar-refractivity contribution in [3.05, 3.63) is 75.5 Å². The summed E-state index contributed by atoms with van der Waals surface area (Å²) >= 11 is 4.46. The maximum Gasteiger partial charge on any atom is 0.357 e. The van der Waals surface area contributed by atoms with Gasteiger partial charge < -0.3 is 4.74 Å². The van der Waals surface area contributed by atoms with Crippen LogP contribution in [0.25, 0.3) is 10.9 Å². The second-order valence-electron chi connectivity index (χ2n) is 7.90. The molecule has 0 spiro atoms. The molecule has 2 aromatic heterocycles. The van der Waals surface area contributed by atoms with Gasteiger partial charge in [0.05, 0.1) is 21.9 Å². The Morgan fingerprint density at radius 2 is 1.59 bits per heavy atom. The first-order chi connectivity index (χ1) is 18.4. The topological polar surface area (TPSA) is 158 Å². The fourth-order valence-corrected chi connectivity index (χ4v) is 9.15. The second kappa shape index (κ2) is 11.5. The van der Waals surface area contributed by atoms with E-state index in [1.807, 2.05) is 0 Å². The Labute approximate surface area is 238 Å². The largest absolute Gasteiger partial charge is 0.461 e. The number of hydrogen-bond donors (Lipinski definition) is 2. The van der Waals surface area contributed by atoms with E-state index in [2.05, 4.69) is 25.4 Å². The quantitative estimate of drug-likeness (QED) is 0.181. The van der Waals surface area contributed by atoms with Crippen LogP contribution in [-0.2, 0) is 34.8 Å². The summed E-state index contributed by atoms with van der Waals surface area (Å²) in [5.74, 6) is -1.16. The lowest BCUT2D eigenvalue weighted by Crippen LogP contribution is -2.35. The number of aromatic nitrogens is 1. The minimum Gasteiger partial charge on any atom is -0.461 e. The third kappa shape index (κ3) is 5.96. The van der Waals surface area contributed by atoms with Crippen molar-refractivity contribution in [2.75, 3.05) is 19.7 Å². The molecular formula is C23H22BrN3O8S4. The zero-order chi connectivity index (χ0) is 28.4. The van der Waals surface area contributed by atoms with Crippen LogP contribution in [0.1, 0.15) is 17.4 Å². The van der Waals surface area contributed by atoms with Gasteiger partial charge >= 0.3 is 5.97 Å². The van der Waals surface area contributed by atoms with E-state index in [1.54, 1.807) is 11.4 Å². The summed E-state index contributed by atoms with van der Waals surface area (Å²) in [6, 6.07) is 12.9. The summed E-state index contributed by atoms with van der Waals surface area (Å²) in [5.41, 5.74) is -0.774. The van der Waals surface area contributed by atoms with E-state index in [0.717, 1.165) is 0 Å². The molecule has 0 unspecified atom stereocenters. The Morgan fingerprint density at radius 3 is 2.21 bits per heavy atom. The zero-order valence-electron chi connectivity index (χ0n) is 20.2. The standard InChI is InChI=1S/C23H22BrN3O8S4/c1-2-35-23(28)21-22(38(31,32)26-12-11-25-37(29,30)18-10-13-36-15-18)19-14-16(24)8-9-20(19)27(21)39(33,34)17-6-4-3-5-7-17/h3-10,13-15,25-26H,2,11-12H2,1H3. The number of sulfonamides is 2. The molecule has 2 N–H and O–H groups in total. The average molecular weight is 677 g/mol. The van der Waals surface area contributed by atoms with Crippen molar-refractivity contribution >= 4 is 74.2 Å². The predicted molar refractivity (Wildman–Crippen MR) is 149 cm³/mol. The van der Waals surface area contributed by atoms with Crippen molar-refractivity contribution in [3.8, 4) is 0 Å². The Bertz CT molecular complexity index is 1840. The van der Waals surface area contributed by atoms with E-state index in [4.69, 9.17) is 4.74 Å². The first-order valence-electron chi connectivity index (χ1n) is 11.2. The molecule has 0 aliphatic heterocycles. The van der Waals surface area contributed by atoms with Gasteiger partial charge in [0.25, 0.3) is 10.0 Å². The number of carbonyl (C=O) groups is 1. The van der Waals surface area contributed by atoms with E-state index < -0.39 is 46.6 Å². The molecular weight excluding hydrogens is 654 g/mol. The summed E-state index contributed by atoms with van der Waals surface area (Å²) in [6.07, 6.45) is 0. The number of rotatable bonds is 11. The van der Waals surface area contributed by atoms with Crippen molar-refractivity contribution in [1.82, 2.24) is 13.4 Å². The van der Waals surface area contributed by atoms with Crippen LogP contribution >= 0.6 is 27.3 Å². The lowest BCUT2D eigenvalue weighted by Gasteiger charge is -2.13. The van der Waals surface area contributed by atoms with Crippen molar-refractivity contribution in [2.45, 2.75) is 21.6 Å². The number of halogens is 1. The minimum atomic E-state index is -4.58. The number of benzene rings is 2. The van der Waals surface area contributed by atoms with Gasteiger partial charge in [-0.05, 0) is 48.7 Å². The molecule has 0 aliphatic rings. The van der Waals surface area contributed by atoms with E-state index in [9.17, 15) is 30.0 Å². The fraction of sp³-hybridized carbons (Fsp3) is 0.174. The molecule has 0 atom stereocenters. The van der Waals surface area contributed by atoms with Gasteiger partial charge in [-0.15, -0.1) is 0 Å². The number of nitrogens with one attached hydrogen (secondary N) is 2. The highest BCUT2D eigenvalue weighted by atomic mass is 79.9. The van der Waals surface area contributed by atoms with Gasteiger partial charge in [0.1, 0.15) is 4.90 Å². The first-order valence-corrected chi connectivity index (χ1v) is 17.4. The van der Waals surface area contributed by atoms with E-state index in [1.165, 1.54) is 72.2 Å². The van der Waals surface area contributed by atoms with Crippen LogP contribution in [0.15, 0.2) is 84.5 Å². The molecule has 11 nitrogen and oxygen atoms in total. The Balaban J connectivity index is 1.82. The monoisotopic (exact) mass is 675 g/mol. The molecule has 2 aromatic carbocycles. The van der Waals surface area contributed by atoms with Crippen LogP contribution in [0, 0.1) is 0 Å².